The number of hydrogen-bond donors (Lipinski definition) is 1. The molecule has 1 aromatic rings. The van der Waals surface area contributed by atoms with Crippen LogP contribution in [-0.2, 0) is 6.54 Å². The highest BCUT2D eigenvalue weighted by atomic mass is 19.3. The van der Waals surface area contributed by atoms with Gasteiger partial charge >= 0.3 is 6.01 Å². The third kappa shape index (κ3) is 3.78. The molecule has 0 unspecified atom stereocenters. The largest absolute Gasteiger partial charge is 0.407 e. The highest BCUT2D eigenvalue weighted by molar-refractivity contribution is 5.21. The topological polar surface area (TPSA) is 54.2 Å². The van der Waals surface area contributed by atoms with Gasteiger partial charge in [-0.1, -0.05) is 12.0 Å². The molecule has 7 heteroatoms. The molecule has 0 aliphatic rings. The summed E-state index contributed by atoms with van der Waals surface area (Å²) in [5.74, 6) is 0.396. The van der Waals surface area contributed by atoms with Gasteiger partial charge in [-0.05, 0) is 6.54 Å². The van der Waals surface area contributed by atoms with Crippen LogP contribution < -0.4 is 10.2 Å². The SMILES string of the molecule is CCNCc1nnc(N(C)CC(F)F)o1. The molecule has 0 bridgehead atoms. The summed E-state index contributed by atoms with van der Waals surface area (Å²) in [7, 11) is 1.48. The van der Waals surface area contributed by atoms with Gasteiger partial charge in [-0.3, -0.25) is 0 Å². The standard InChI is InChI=1S/C8H14F2N4O/c1-3-11-4-7-12-13-8(15-7)14(2)5-6(9)10/h6,11H,3-5H2,1-2H3. The summed E-state index contributed by atoms with van der Waals surface area (Å²) in [5, 5.41) is 10.4. The summed E-state index contributed by atoms with van der Waals surface area (Å²) < 4.78 is 29.2. The van der Waals surface area contributed by atoms with Crippen LogP contribution in [0.1, 0.15) is 12.8 Å². The van der Waals surface area contributed by atoms with E-state index in [0.29, 0.717) is 12.4 Å². The lowest BCUT2D eigenvalue weighted by Gasteiger charge is -2.11. The van der Waals surface area contributed by atoms with E-state index in [1.54, 1.807) is 0 Å². The minimum absolute atomic E-state index is 0.114. The van der Waals surface area contributed by atoms with Crippen molar-refractivity contribution in [2.75, 3.05) is 25.0 Å². The van der Waals surface area contributed by atoms with Gasteiger partial charge in [-0.15, -0.1) is 5.10 Å². The maximum atomic E-state index is 12.0. The van der Waals surface area contributed by atoms with Gasteiger partial charge in [0.05, 0.1) is 13.1 Å². The molecule has 15 heavy (non-hydrogen) atoms. The fourth-order valence-electron chi connectivity index (χ4n) is 0.987. The molecule has 1 aromatic heterocycles. The first kappa shape index (κ1) is 11.8. The molecule has 0 saturated heterocycles. The molecule has 86 valence electrons. The van der Waals surface area contributed by atoms with Gasteiger partial charge in [0.15, 0.2) is 0 Å². The normalized spacial score (nSPS) is 11.0. The number of nitrogens with zero attached hydrogens (tertiary/aromatic N) is 3. The molecule has 1 heterocycles. The van der Waals surface area contributed by atoms with Gasteiger partial charge < -0.3 is 14.6 Å². The lowest BCUT2D eigenvalue weighted by Crippen LogP contribution is -2.24. The Hall–Kier alpha value is -1.24. The molecule has 0 amide bonds. The summed E-state index contributed by atoms with van der Waals surface area (Å²) in [6.07, 6.45) is -2.42. The van der Waals surface area contributed by atoms with Crippen LogP contribution in [0.5, 0.6) is 0 Å². The van der Waals surface area contributed by atoms with Crippen molar-refractivity contribution in [2.45, 2.75) is 19.9 Å². The first-order chi connectivity index (χ1) is 7.13. The second-order valence-electron chi connectivity index (χ2n) is 3.03. The summed E-state index contributed by atoms with van der Waals surface area (Å²) in [4.78, 5) is 1.23. The second kappa shape index (κ2) is 5.59. The Morgan fingerprint density at radius 3 is 2.80 bits per heavy atom. The van der Waals surface area contributed by atoms with E-state index in [1.807, 2.05) is 6.92 Å². The first-order valence-corrected chi connectivity index (χ1v) is 4.65. The van der Waals surface area contributed by atoms with Crippen LogP contribution in [-0.4, -0.2) is 36.8 Å². The molecule has 0 aliphatic carbocycles. The quantitative estimate of drug-likeness (QED) is 0.771. The van der Waals surface area contributed by atoms with Crippen LogP contribution in [0.25, 0.3) is 0 Å². The Balaban J connectivity index is 2.51. The predicted octanol–water partition coefficient (Wildman–Crippen LogP) is 0.880. The summed E-state index contributed by atoms with van der Waals surface area (Å²) in [6, 6.07) is 0.114. The Morgan fingerprint density at radius 1 is 1.47 bits per heavy atom. The van der Waals surface area contributed by atoms with Crippen molar-refractivity contribution in [3.63, 3.8) is 0 Å². The van der Waals surface area contributed by atoms with Crippen molar-refractivity contribution in [3.8, 4) is 0 Å². The molecule has 0 atom stereocenters. The molecule has 1 rings (SSSR count). The van der Waals surface area contributed by atoms with E-state index < -0.39 is 13.0 Å². The van der Waals surface area contributed by atoms with E-state index in [0.717, 1.165) is 6.54 Å². The third-order valence-electron chi connectivity index (χ3n) is 1.72. The zero-order valence-corrected chi connectivity index (χ0v) is 8.70. The van der Waals surface area contributed by atoms with Crippen LogP contribution in [0, 0.1) is 0 Å². The summed E-state index contributed by atoms with van der Waals surface area (Å²) >= 11 is 0. The molecular formula is C8H14F2N4O. The molecule has 5 nitrogen and oxygen atoms in total. The lowest BCUT2D eigenvalue weighted by atomic mass is 10.6. The minimum Gasteiger partial charge on any atom is -0.407 e. The number of rotatable bonds is 6. The molecule has 0 aliphatic heterocycles. The van der Waals surface area contributed by atoms with E-state index in [9.17, 15) is 8.78 Å². The fourth-order valence-corrected chi connectivity index (χ4v) is 0.987. The average Bonchev–Trinajstić information content (AvgIpc) is 2.62. The van der Waals surface area contributed by atoms with Crippen molar-refractivity contribution >= 4 is 6.01 Å². The van der Waals surface area contributed by atoms with Gasteiger partial charge in [0.2, 0.25) is 5.89 Å². The molecule has 0 radical (unpaired) electrons. The molecule has 1 N–H and O–H groups in total. The van der Waals surface area contributed by atoms with E-state index in [1.165, 1.54) is 11.9 Å². The molecule has 0 saturated carbocycles. The van der Waals surface area contributed by atoms with Crippen LogP contribution in [0.15, 0.2) is 4.42 Å². The fraction of sp³-hybridized carbons (Fsp3) is 0.750. The monoisotopic (exact) mass is 220 g/mol. The highest BCUT2D eigenvalue weighted by Crippen LogP contribution is 2.11. The van der Waals surface area contributed by atoms with Crippen molar-refractivity contribution in [2.24, 2.45) is 0 Å². The van der Waals surface area contributed by atoms with Crippen molar-refractivity contribution in [1.82, 2.24) is 15.5 Å². The van der Waals surface area contributed by atoms with Gasteiger partial charge in [-0.25, -0.2) is 8.78 Å². The summed E-state index contributed by atoms with van der Waals surface area (Å²) in [6.45, 7) is 2.76. The van der Waals surface area contributed by atoms with Crippen molar-refractivity contribution in [1.29, 1.82) is 0 Å². The zero-order chi connectivity index (χ0) is 11.3. The van der Waals surface area contributed by atoms with Crippen LogP contribution >= 0.6 is 0 Å². The van der Waals surface area contributed by atoms with Gasteiger partial charge in [0.25, 0.3) is 6.43 Å². The highest BCUT2D eigenvalue weighted by Gasteiger charge is 2.14. The van der Waals surface area contributed by atoms with Crippen molar-refractivity contribution in [3.05, 3.63) is 5.89 Å². The van der Waals surface area contributed by atoms with Gasteiger partial charge in [-0.2, -0.15) is 0 Å². The number of nitrogens with one attached hydrogen (secondary N) is 1. The van der Waals surface area contributed by atoms with E-state index >= 15 is 0 Å². The Kier molecular flexibility index (Phi) is 4.41. The smallest absolute Gasteiger partial charge is 0.318 e. The first-order valence-electron chi connectivity index (χ1n) is 4.65. The van der Waals surface area contributed by atoms with Gasteiger partial charge in [0.1, 0.15) is 0 Å². The Morgan fingerprint density at radius 2 is 2.20 bits per heavy atom. The molecule has 0 fully saturated rings. The molecule has 0 aromatic carbocycles. The third-order valence-corrected chi connectivity index (χ3v) is 1.72. The molecule has 0 spiro atoms. The van der Waals surface area contributed by atoms with Crippen LogP contribution in [0.3, 0.4) is 0 Å². The van der Waals surface area contributed by atoms with Gasteiger partial charge in [0, 0.05) is 7.05 Å². The predicted molar refractivity (Wildman–Crippen MR) is 51.0 cm³/mol. The zero-order valence-electron chi connectivity index (χ0n) is 8.70. The van der Waals surface area contributed by atoms with Crippen LogP contribution in [0.2, 0.25) is 0 Å². The van der Waals surface area contributed by atoms with Crippen molar-refractivity contribution < 1.29 is 13.2 Å². The van der Waals surface area contributed by atoms with Crippen LogP contribution in [0.4, 0.5) is 14.8 Å². The number of aromatic nitrogens is 2. The van der Waals surface area contributed by atoms with E-state index in [4.69, 9.17) is 4.42 Å². The second-order valence-corrected chi connectivity index (χ2v) is 3.03. The maximum Gasteiger partial charge on any atom is 0.318 e. The lowest BCUT2D eigenvalue weighted by molar-refractivity contribution is 0.155. The number of alkyl halides is 2. The minimum atomic E-state index is -2.42. The number of anilines is 1. The van der Waals surface area contributed by atoms with E-state index in [2.05, 4.69) is 15.5 Å². The Labute approximate surface area is 86.5 Å². The Bertz CT molecular complexity index is 292. The molecular weight excluding hydrogens is 206 g/mol. The number of hydrogen-bond acceptors (Lipinski definition) is 5. The van der Waals surface area contributed by atoms with E-state index in [-0.39, 0.29) is 6.01 Å². The average molecular weight is 220 g/mol. The summed E-state index contributed by atoms with van der Waals surface area (Å²) in [5.41, 5.74) is 0. The maximum absolute atomic E-state index is 12.0. The number of halogens is 2.